The molecule has 0 aromatic carbocycles. The fourth-order valence-corrected chi connectivity index (χ4v) is 1.14. The monoisotopic (exact) mass is 224 g/mol. The molecule has 0 aliphatic carbocycles. The van der Waals surface area contributed by atoms with Crippen molar-refractivity contribution in [3.8, 4) is 5.88 Å². The van der Waals surface area contributed by atoms with E-state index < -0.39 is 0 Å². The van der Waals surface area contributed by atoms with Gasteiger partial charge in [-0.1, -0.05) is 6.92 Å². The number of hydrogen-bond donors (Lipinski definition) is 1. The number of esters is 1. The molecule has 0 radical (unpaired) electrons. The maximum atomic E-state index is 11.2. The lowest BCUT2D eigenvalue weighted by molar-refractivity contribution is 0.0600. The van der Waals surface area contributed by atoms with Crippen LogP contribution < -0.4 is 10.1 Å². The van der Waals surface area contributed by atoms with Gasteiger partial charge in [0, 0.05) is 18.8 Å². The molecule has 0 amide bonds. The molecule has 0 bridgehead atoms. The minimum Gasteiger partial charge on any atom is -0.476 e. The summed E-state index contributed by atoms with van der Waals surface area (Å²) in [6.45, 7) is 4.20. The number of aromatic nitrogens is 1. The summed E-state index contributed by atoms with van der Waals surface area (Å²) < 4.78 is 9.96. The molecular weight excluding hydrogens is 208 g/mol. The molecule has 0 saturated heterocycles. The van der Waals surface area contributed by atoms with E-state index in [9.17, 15) is 4.79 Å². The van der Waals surface area contributed by atoms with Gasteiger partial charge < -0.3 is 14.8 Å². The number of hydrogen-bond acceptors (Lipinski definition) is 5. The topological polar surface area (TPSA) is 60.5 Å². The van der Waals surface area contributed by atoms with Crippen LogP contribution in [0.15, 0.2) is 18.3 Å². The smallest absolute Gasteiger partial charge is 0.338 e. The van der Waals surface area contributed by atoms with Crippen LogP contribution in [0.25, 0.3) is 0 Å². The summed E-state index contributed by atoms with van der Waals surface area (Å²) in [6, 6.07) is 3.15. The van der Waals surface area contributed by atoms with Crippen molar-refractivity contribution in [2.45, 2.75) is 6.92 Å². The molecule has 0 saturated carbocycles. The number of nitrogens with zero attached hydrogens (tertiary/aromatic N) is 1. The molecule has 1 N–H and O–H groups in total. The van der Waals surface area contributed by atoms with Crippen molar-refractivity contribution in [3.63, 3.8) is 0 Å². The Hall–Kier alpha value is -1.62. The summed E-state index contributed by atoms with van der Waals surface area (Å²) in [5.74, 6) is 0.0414. The quantitative estimate of drug-likeness (QED) is 0.573. The van der Waals surface area contributed by atoms with Gasteiger partial charge in [-0.05, 0) is 12.6 Å². The van der Waals surface area contributed by atoms with E-state index in [1.807, 2.05) is 6.92 Å². The van der Waals surface area contributed by atoms with Crippen LogP contribution in [-0.4, -0.2) is 37.8 Å². The average molecular weight is 224 g/mol. The Morgan fingerprint density at radius 3 is 3.06 bits per heavy atom. The van der Waals surface area contributed by atoms with Crippen molar-refractivity contribution in [3.05, 3.63) is 23.9 Å². The van der Waals surface area contributed by atoms with Gasteiger partial charge in [-0.25, -0.2) is 9.78 Å². The fourth-order valence-electron chi connectivity index (χ4n) is 1.14. The van der Waals surface area contributed by atoms with Crippen LogP contribution in [0.3, 0.4) is 0 Å². The Labute approximate surface area is 94.8 Å². The second-order valence-electron chi connectivity index (χ2n) is 3.08. The van der Waals surface area contributed by atoms with Gasteiger partial charge >= 0.3 is 5.97 Å². The number of carbonyl (C=O) groups excluding carboxylic acids is 1. The standard InChI is InChI=1S/C11H16N2O3/c1-3-12-6-7-16-10-8-9(4-5-13-10)11(14)15-2/h4-5,8,12H,3,6-7H2,1-2H3. The van der Waals surface area contributed by atoms with E-state index in [2.05, 4.69) is 15.0 Å². The fraction of sp³-hybridized carbons (Fsp3) is 0.455. The van der Waals surface area contributed by atoms with Crippen molar-refractivity contribution in [2.24, 2.45) is 0 Å². The van der Waals surface area contributed by atoms with Crippen LogP contribution in [0.2, 0.25) is 0 Å². The minimum atomic E-state index is -0.390. The molecule has 1 aromatic heterocycles. The van der Waals surface area contributed by atoms with Crippen molar-refractivity contribution in [1.82, 2.24) is 10.3 Å². The highest BCUT2D eigenvalue weighted by atomic mass is 16.5. The Morgan fingerprint density at radius 2 is 2.38 bits per heavy atom. The molecule has 0 fully saturated rings. The van der Waals surface area contributed by atoms with Crippen molar-refractivity contribution >= 4 is 5.97 Å². The molecule has 88 valence electrons. The zero-order valence-electron chi connectivity index (χ0n) is 9.53. The number of carbonyl (C=O) groups is 1. The highest BCUT2D eigenvalue weighted by Crippen LogP contribution is 2.09. The Balaban J connectivity index is 2.50. The first-order valence-corrected chi connectivity index (χ1v) is 5.15. The van der Waals surface area contributed by atoms with Crippen molar-refractivity contribution in [2.75, 3.05) is 26.8 Å². The molecule has 0 aliphatic rings. The number of rotatable bonds is 6. The van der Waals surface area contributed by atoms with Crippen LogP contribution in [-0.2, 0) is 4.74 Å². The number of nitrogens with one attached hydrogen (secondary N) is 1. The summed E-state index contributed by atoms with van der Waals surface area (Å²) >= 11 is 0. The van der Waals surface area contributed by atoms with Crippen LogP contribution in [0.1, 0.15) is 17.3 Å². The largest absolute Gasteiger partial charge is 0.476 e. The van der Waals surface area contributed by atoms with E-state index in [0.29, 0.717) is 18.1 Å². The minimum absolute atomic E-state index is 0.390. The molecule has 0 aliphatic heterocycles. The predicted octanol–water partition coefficient (Wildman–Crippen LogP) is 0.856. The van der Waals surface area contributed by atoms with Crippen LogP contribution in [0.4, 0.5) is 0 Å². The van der Waals surface area contributed by atoms with Gasteiger partial charge in [-0.2, -0.15) is 0 Å². The van der Waals surface area contributed by atoms with Crippen LogP contribution >= 0.6 is 0 Å². The van der Waals surface area contributed by atoms with Crippen molar-refractivity contribution in [1.29, 1.82) is 0 Å². The molecule has 0 unspecified atom stereocenters. The summed E-state index contributed by atoms with van der Waals surface area (Å²) in [5, 5.41) is 3.12. The Bertz CT molecular complexity index is 342. The molecule has 5 nitrogen and oxygen atoms in total. The van der Waals surface area contributed by atoms with Gasteiger partial charge in [0.25, 0.3) is 0 Å². The maximum absolute atomic E-state index is 11.2. The van der Waals surface area contributed by atoms with Gasteiger partial charge in [0.15, 0.2) is 0 Å². The Kier molecular flexibility index (Phi) is 5.28. The molecule has 16 heavy (non-hydrogen) atoms. The summed E-state index contributed by atoms with van der Waals surface area (Å²) in [6.07, 6.45) is 1.52. The van der Waals surface area contributed by atoms with Crippen LogP contribution in [0.5, 0.6) is 5.88 Å². The molecule has 0 spiro atoms. The summed E-state index contributed by atoms with van der Waals surface area (Å²) in [5.41, 5.74) is 0.441. The summed E-state index contributed by atoms with van der Waals surface area (Å²) in [4.78, 5) is 15.2. The molecule has 1 rings (SSSR count). The lowest BCUT2D eigenvalue weighted by Gasteiger charge is -2.06. The number of ether oxygens (including phenoxy) is 2. The average Bonchev–Trinajstić information content (AvgIpc) is 2.34. The van der Waals surface area contributed by atoms with Gasteiger partial charge in [0.05, 0.1) is 12.7 Å². The lowest BCUT2D eigenvalue weighted by Crippen LogP contribution is -2.20. The maximum Gasteiger partial charge on any atom is 0.338 e. The third-order valence-corrected chi connectivity index (χ3v) is 1.93. The zero-order valence-corrected chi connectivity index (χ0v) is 9.53. The molecule has 5 heteroatoms. The first-order valence-electron chi connectivity index (χ1n) is 5.15. The molecular formula is C11H16N2O3. The molecule has 0 atom stereocenters. The van der Waals surface area contributed by atoms with E-state index in [0.717, 1.165) is 13.1 Å². The molecule has 1 heterocycles. The zero-order chi connectivity index (χ0) is 11.8. The highest BCUT2D eigenvalue weighted by molar-refractivity contribution is 5.89. The van der Waals surface area contributed by atoms with E-state index in [-0.39, 0.29) is 5.97 Å². The van der Waals surface area contributed by atoms with Gasteiger partial charge in [-0.3, -0.25) is 0 Å². The van der Waals surface area contributed by atoms with E-state index in [4.69, 9.17) is 4.74 Å². The van der Waals surface area contributed by atoms with Gasteiger partial charge in [-0.15, -0.1) is 0 Å². The van der Waals surface area contributed by atoms with Gasteiger partial charge in [0.1, 0.15) is 6.61 Å². The SMILES string of the molecule is CCNCCOc1cc(C(=O)OC)ccn1. The third kappa shape index (κ3) is 3.86. The third-order valence-electron chi connectivity index (χ3n) is 1.93. The van der Waals surface area contributed by atoms with E-state index in [1.54, 1.807) is 12.1 Å². The predicted molar refractivity (Wildman–Crippen MR) is 59.6 cm³/mol. The van der Waals surface area contributed by atoms with Crippen LogP contribution in [0, 0.1) is 0 Å². The van der Waals surface area contributed by atoms with Crippen molar-refractivity contribution < 1.29 is 14.3 Å². The summed E-state index contributed by atoms with van der Waals surface area (Å²) in [7, 11) is 1.34. The first kappa shape index (κ1) is 12.4. The Morgan fingerprint density at radius 1 is 1.56 bits per heavy atom. The molecule has 1 aromatic rings. The number of methoxy groups -OCH3 is 1. The highest BCUT2D eigenvalue weighted by Gasteiger charge is 2.06. The first-order chi connectivity index (χ1) is 7.77. The lowest BCUT2D eigenvalue weighted by atomic mass is 10.3. The second kappa shape index (κ2) is 6.79. The van der Waals surface area contributed by atoms with E-state index in [1.165, 1.54) is 13.3 Å². The number of likely N-dealkylation sites (N-methyl/N-ethyl adjacent to an activating group) is 1. The number of pyridine rings is 1. The normalized spacial score (nSPS) is 9.88. The van der Waals surface area contributed by atoms with E-state index >= 15 is 0 Å². The van der Waals surface area contributed by atoms with Gasteiger partial charge in [0.2, 0.25) is 5.88 Å². The second-order valence-corrected chi connectivity index (χ2v) is 3.08.